The summed E-state index contributed by atoms with van der Waals surface area (Å²) in [4.78, 5) is 0. The molecule has 0 N–H and O–H groups in total. The lowest BCUT2D eigenvalue weighted by Gasteiger charge is -2.13. The summed E-state index contributed by atoms with van der Waals surface area (Å²) in [6, 6.07) is 0. The molecule has 1 unspecified atom stereocenters. The van der Waals surface area contributed by atoms with Gasteiger partial charge in [-0.3, -0.25) is 0 Å². The first-order chi connectivity index (χ1) is 5.35. The molecular weight excluding hydrogens is 180 g/mol. The van der Waals surface area contributed by atoms with Crippen LogP contribution >= 0.6 is 24.1 Å². The van der Waals surface area contributed by atoms with Crippen LogP contribution in [0.4, 0.5) is 0 Å². The van der Waals surface area contributed by atoms with Crippen LogP contribution < -0.4 is 0 Å². The van der Waals surface area contributed by atoms with E-state index in [0.29, 0.717) is 6.61 Å². The second kappa shape index (κ2) is 8.71. The van der Waals surface area contributed by atoms with Crippen LogP contribution in [-0.4, -0.2) is 25.2 Å². The Morgan fingerprint density at radius 1 is 1.27 bits per heavy atom. The van der Waals surface area contributed by atoms with Gasteiger partial charge in [-0.05, 0) is 30.5 Å². The van der Waals surface area contributed by atoms with Gasteiger partial charge in [-0.25, -0.2) is 0 Å². The van der Waals surface area contributed by atoms with Gasteiger partial charge in [0.05, 0.1) is 12.7 Å². The zero-order chi connectivity index (χ0) is 8.53. The summed E-state index contributed by atoms with van der Waals surface area (Å²) in [6.07, 6.45) is 6.32. The fourth-order valence-electron chi connectivity index (χ4n) is 0.761. The van der Waals surface area contributed by atoms with E-state index < -0.39 is 0 Å². The molecule has 0 saturated heterocycles. The zero-order valence-electron chi connectivity index (χ0n) is 7.33. The summed E-state index contributed by atoms with van der Waals surface area (Å²) >= 11 is 2.80. The van der Waals surface area contributed by atoms with E-state index in [-0.39, 0.29) is 6.10 Å². The molecule has 0 aromatic rings. The molecule has 0 amide bonds. The van der Waals surface area contributed by atoms with Gasteiger partial charge in [0.2, 0.25) is 0 Å². The molecule has 1 atom stereocenters. The third kappa shape index (κ3) is 7.00. The van der Waals surface area contributed by atoms with Crippen LogP contribution in [0, 0.1) is 0 Å². The van der Waals surface area contributed by atoms with Gasteiger partial charge in [-0.1, -0.05) is 13.3 Å². The van der Waals surface area contributed by atoms with Crippen LogP contribution in [0.2, 0.25) is 0 Å². The normalized spacial score (nSPS) is 13.4. The fraction of sp³-hybridized carbons (Fsp3) is 1.00. The molecule has 0 spiro atoms. The van der Waals surface area contributed by atoms with Gasteiger partial charge in [0.1, 0.15) is 0 Å². The molecule has 4 heteroatoms. The molecule has 0 bridgehead atoms. The SMILES string of the molecule is CCCC(COSC)OSC. The van der Waals surface area contributed by atoms with Crippen molar-refractivity contribution in [2.75, 3.05) is 19.1 Å². The van der Waals surface area contributed by atoms with Crippen molar-refractivity contribution < 1.29 is 8.37 Å². The Bertz CT molecular complexity index is 74.8. The number of rotatable bonds is 7. The molecule has 0 heterocycles. The molecule has 11 heavy (non-hydrogen) atoms. The van der Waals surface area contributed by atoms with Crippen molar-refractivity contribution in [2.24, 2.45) is 0 Å². The van der Waals surface area contributed by atoms with E-state index in [2.05, 4.69) is 6.92 Å². The van der Waals surface area contributed by atoms with E-state index in [1.807, 2.05) is 12.5 Å². The maximum absolute atomic E-state index is 5.36. The van der Waals surface area contributed by atoms with Gasteiger partial charge in [-0.15, -0.1) is 0 Å². The molecule has 68 valence electrons. The highest BCUT2D eigenvalue weighted by Gasteiger charge is 2.07. The van der Waals surface area contributed by atoms with E-state index in [1.54, 1.807) is 0 Å². The van der Waals surface area contributed by atoms with Gasteiger partial charge >= 0.3 is 0 Å². The van der Waals surface area contributed by atoms with Crippen LogP contribution in [0.3, 0.4) is 0 Å². The van der Waals surface area contributed by atoms with Crippen LogP contribution in [0.1, 0.15) is 19.8 Å². The van der Waals surface area contributed by atoms with Crippen LogP contribution in [-0.2, 0) is 8.37 Å². The largest absolute Gasteiger partial charge is 0.313 e. The second-order valence-electron chi connectivity index (χ2n) is 2.12. The minimum absolute atomic E-state index is 0.252. The standard InChI is InChI=1S/C7H16O2S2/c1-4-5-7(9-11-3)6-8-10-2/h7H,4-6H2,1-3H3. The number of hydrogen-bond donors (Lipinski definition) is 0. The molecule has 2 nitrogen and oxygen atoms in total. The van der Waals surface area contributed by atoms with Crippen molar-refractivity contribution in [1.82, 2.24) is 0 Å². The molecule has 0 aliphatic rings. The highest BCUT2D eigenvalue weighted by molar-refractivity contribution is 7.94. The smallest absolute Gasteiger partial charge is 0.0967 e. The van der Waals surface area contributed by atoms with E-state index >= 15 is 0 Å². The Kier molecular flexibility index (Phi) is 9.21. The van der Waals surface area contributed by atoms with Crippen LogP contribution in [0.25, 0.3) is 0 Å². The van der Waals surface area contributed by atoms with Crippen molar-refractivity contribution in [2.45, 2.75) is 25.9 Å². The molecule has 0 aromatic carbocycles. The Morgan fingerprint density at radius 2 is 2.00 bits per heavy atom. The highest BCUT2D eigenvalue weighted by Crippen LogP contribution is 2.11. The average Bonchev–Trinajstić information content (AvgIpc) is 2.01. The van der Waals surface area contributed by atoms with Crippen molar-refractivity contribution in [1.29, 1.82) is 0 Å². The van der Waals surface area contributed by atoms with E-state index in [1.165, 1.54) is 24.1 Å². The molecule has 0 saturated carbocycles. The Hall–Kier alpha value is 0.620. The van der Waals surface area contributed by atoms with E-state index in [0.717, 1.165) is 12.8 Å². The predicted molar refractivity (Wildman–Crippen MR) is 52.8 cm³/mol. The van der Waals surface area contributed by atoms with Gasteiger partial charge in [0, 0.05) is 12.5 Å². The molecule has 0 aliphatic heterocycles. The number of hydrogen-bond acceptors (Lipinski definition) is 4. The molecule has 0 rings (SSSR count). The zero-order valence-corrected chi connectivity index (χ0v) is 8.96. The Morgan fingerprint density at radius 3 is 2.45 bits per heavy atom. The monoisotopic (exact) mass is 196 g/mol. The topological polar surface area (TPSA) is 18.5 Å². The fourth-order valence-corrected chi connectivity index (χ4v) is 1.47. The average molecular weight is 196 g/mol. The second-order valence-corrected chi connectivity index (χ2v) is 3.22. The first-order valence-corrected chi connectivity index (χ1v) is 6.00. The van der Waals surface area contributed by atoms with Gasteiger partial charge in [0.25, 0.3) is 0 Å². The molecule has 0 fully saturated rings. The quantitative estimate of drug-likeness (QED) is 0.583. The van der Waals surface area contributed by atoms with Crippen molar-refractivity contribution >= 4 is 24.1 Å². The van der Waals surface area contributed by atoms with Crippen molar-refractivity contribution in [3.05, 3.63) is 0 Å². The lowest BCUT2D eigenvalue weighted by molar-refractivity contribution is 0.157. The lowest BCUT2D eigenvalue weighted by atomic mass is 10.2. The van der Waals surface area contributed by atoms with E-state index in [9.17, 15) is 0 Å². The van der Waals surface area contributed by atoms with Gasteiger partial charge < -0.3 is 8.37 Å². The third-order valence-electron chi connectivity index (χ3n) is 1.21. The van der Waals surface area contributed by atoms with Crippen LogP contribution in [0.15, 0.2) is 0 Å². The summed E-state index contributed by atoms with van der Waals surface area (Å²) in [6.45, 7) is 2.84. The van der Waals surface area contributed by atoms with Crippen LogP contribution in [0.5, 0.6) is 0 Å². The summed E-state index contributed by atoms with van der Waals surface area (Å²) in [5, 5.41) is 0. The Labute approximate surface area is 77.8 Å². The summed E-state index contributed by atoms with van der Waals surface area (Å²) in [5.74, 6) is 0. The minimum atomic E-state index is 0.252. The molecular formula is C7H16O2S2. The molecule has 0 aromatic heterocycles. The maximum Gasteiger partial charge on any atom is 0.0967 e. The van der Waals surface area contributed by atoms with Crippen molar-refractivity contribution in [3.63, 3.8) is 0 Å². The summed E-state index contributed by atoms with van der Waals surface area (Å²) in [5.41, 5.74) is 0. The third-order valence-corrected chi connectivity index (χ3v) is 2.05. The summed E-state index contributed by atoms with van der Waals surface area (Å²) < 4.78 is 10.5. The minimum Gasteiger partial charge on any atom is -0.313 e. The van der Waals surface area contributed by atoms with E-state index in [4.69, 9.17) is 8.37 Å². The molecule has 0 radical (unpaired) electrons. The molecule has 0 aliphatic carbocycles. The first kappa shape index (κ1) is 11.6. The Balaban J connectivity index is 3.34. The first-order valence-electron chi connectivity index (χ1n) is 3.70. The van der Waals surface area contributed by atoms with Gasteiger partial charge in [0.15, 0.2) is 0 Å². The summed E-state index contributed by atoms with van der Waals surface area (Å²) in [7, 11) is 0. The highest BCUT2D eigenvalue weighted by atomic mass is 32.2. The lowest BCUT2D eigenvalue weighted by Crippen LogP contribution is -2.14. The predicted octanol–water partition coefficient (Wildman–Crippen LogP) is 2.74. The van der Waals surface area contributed by atoms with Gasteiger partial charge in [-0.2, -0.15) is 0 Å². The maximum atomic E-state index is 5.36. The van der Waals surface area contributed by atoms with Crippen molar-refractivity contribution in [3.8, 4) is 0 Å².